The second kappa shape index (κ2) is 6.37. The minimum atomic E-state index is 0.00789. The highest BCUT2D eigenvalue weighted by Gasteiger charge is 2.34. The number of amides is 1. The van der Waals surface area contributed by atoms with Crippen molar-refractivity contribution in [2.75, 3.05) is 13.1 Å². The fourth-order valence-electron chi connectivity index (χ4n) is 2.48. The van der Waals surface area contributed by atoms with Gasteiger partial charge in [-0.1, -0.05) is 11.2 Å². The van der Waals surface area contributed by atoms with Crippen LogP contribution in [-0.4, -0.2) is 39.0 Å². The number of hydrogen-bond donors (Lipinski definition) is 0. The van der Waals surface area contributed by atoms with Gasteiger partial charge in [0.2, 0.25) is 17.6 Å². The van der Waals surface area contributed by atoms with Gasteiger partial charge in [-0.05, 0) is 29.7 Å². The van der Waals surface area contributed by atoms with Gasteiger partial charge in [-0.25, -0.2) is 0 Å². The molecule has 0 aromatic carbocycles. The molecule has 0 saturated carbocycles. The van der Waals surface area contributed by atoms with Gasteiger partial charge < -0.3 is 9.42 Å². The lowest BCUT2D eigenvalue weighted by molar-refractivity contribution is -0.130. The first kappa shape index (κ1) is 14.8. The smallest absolute Gasteiger partial charge is 0.246 e. The molecule has 4 heterocycles. The van der Waals surface area contributed by atoms with Gasteiger partial charge >= 0.3 is 0 Å². The number of carbonyl (C=O) groups is 1. The van der Waals surface area contributed by atoms with Crippen molar-refractivity contribution in [1.82, 2.24) is 20.0 Å². The molecule has 0 atom stereocenters. The van der Waals surface area contributed by atoms with Gasteiger partial charge in [0.05, 0.1) is 5.92 Å². The first-order valence-corrected chi connectivity index (χ1v) is 8.42. The summed E-state index contributed by atoms with van der Waals surface area (Å²) in [6.45, 7) is 1.21. The van der Waals surface area contributed by atoms with Gasteiger partial charge in [-0.2, -0.15) is 4.98 Å². The molecule has 0 aliphatic carbocycles. The number of pyridine rings is 1. The third-order valence-electron chi connectivity index (χ3n) is 3.86. The molecule has 1 aliphatic rings. The lowest BCUT2D eigenvalue weighted by Gasteiger charge is -2.36. The van der Waals surface area contributed by atoms with E-state index >= 15 is 0 Å². The summed E-state index contributed by atoms with van der Waals surface area (Å²) in [4.78, 5) is 23.3. The number of thiophene rings is 1. The Labute approximate surface area is 142 Å². The van der Waals surface area contributed by atoms with Crippen LogP contribution in [0.25, 0.3) is 17.5 Å². The second-order valence-corrected chi connectivity index (χ2v) is 6.46. The Bertz CT molecular complexity index is 852. The van der Waals surface area contributed by atoms with Crippen molar-refractivity contribution in [2.45, 2.75) is 5.92 Å². The minimum absolute atomic E-state index is 0.00789. The maximum Gasteiger partial charge on any atom is 0.246 e. The Hall–Kier alpha value is -2.80. The van der Waals surface area contributed by atoms with Crippen molar-refractivity contribution in [3.63, 3.8) is 0 Å². The summed E-state index contributed by atoms with van der Waals surface area (Å²) in [5.41, 5.74) is 0.867. The molecule has 1 fully saturated rings. The molecule has 0 spiro atoms. The van der Waals surface area contributed by atoms with Crippen molar-refractivity contribution in [2.24, 2.45) is 0 Å². The highest BCUT2D eigenvalue weighted by atomic mass is 32.1. The lowest BCUT2D eigenvalue weighted by Crippen LogP contribution is -2.47. The fraction of sp³-hybridized carbons (Fsp3) is 0.176. The molecule has 3 aromatic rings. The lowest BCUT2D eigenvalue weighted by atomic mass is 10.00. The van der Waals surface area contributed by atoms with Crippen LogP contribution in [0, 0.1) is 0 Å². The van der Waals surface area contributed by atoms with Crippen molar-refractivity contribution < 1.29 is 9.32 Å². The van der Waals surface area contributed by atoms with E-state index in [9.17, 15) is 4.79 Å². The monoisotopic (exact) mass is 338 g/mol. The van der Waals surface area contributed by atoms with Crippen molar-refractivity contribution in [3.05, 3.63) is 58.9 Å². The van der Waals surface area contributed by atoms with Gasteiger partial charge in [0.25, 0.3) is 0 Å². The maximum absolute atomic E-state index is 12.1. The molecule has 24 heavy (non-hydrogen) atoms. The third kappa shape index (κ3) is 2.98. The molecule has 0 bridgehead atoms. The number of rotatable bonds is 4. The van der Waals surface area contributed by atoms with E-state index < -0.39 is 0 Å². The van der Waals surface area contributed by atoms with Gasteiger partial charge in [-0.3, -0.25) is 9.78 Å². The Morgan fingerprint density at radius 2 is 2.12 bits per heavy atom. The molecule has 0 unspecified atom stereocenters. The number of aromatic nitrogens is 3. The number of carbonyl (C=O) groups excluding carboxylic acids is 1. The fourth-order valence-corrected chi connectivity index (χ4v) is 3.10. The van der Waals surface area contributed by atoms with E-state index in [-0.39, 0.29) is 11.8 Å². The van der Waals surface area contributed by atoms with Crippen LogP contribution < -0.4 is 0 Å². The SMILES string of the molecule is O=C(C=Cc1cccs1)N1CC(c2nc(-c3ccncc3)no2)C1. The van der Waals surface area contributed by atoms with E-state index in [1.807, 2.05) is 35.7 Å². The van der Waals surface area contributed by atoms with E-state index in [1.165, 1.54) is 0 Å². The van der Waals surface area contributed by atoms with Gasteiger partial charge in [0.15, 0.2) is 0 Å². The molecular weight excluding hydrogens is 324 g/mol. The molecule has 7 heteroatoms. The summed E-state index contributed by atoms with van der Waals surface area (Å²) in [5, 5.41) is 5.99. The number of nitrogens with zero attached hydrogens (tertiary/aromatic N) is 4. The van der Waals surface area contributed by atoms with Crippen molar-refractivity contribution in [1.29, 1.82) is 0 Å². The molecule has 0 radical (unpaired) electrons. The summed E-state index contributed by atoms with van der Waals surface area (Å²) in [7, 11) is 0. The maximum atomic E-state index is 12.1. The average molecular weight is 338 g/mol. The van der Waals surface area contributed by atoms with E-state index in [4.69, 9.17) is 4.52 Å². The Morgan fingerprint density at radius 1 is 1.29 bits per heavy atom. The summed E-state index contributed by atoms with van der Waals surface area (Å²) >= 11 is 1.61. The predicted molar refractivity (Wildman–Crippen MR) is 90.2 cm³/mol. The molecule has 1 aliphatic heterocycles. The van der Waals surface area contributed by atoms with Crippen LogP contribution in [0.15, 0.2) is 52.6 Å². The average Bonchev–Trinajstić information content (AvgIpc) is 3.24. The Balaban J connectivity index is 1.36. The number of hydrogen-bond acceptors (Lipinski definition) is 6. The molecule has 1 saturated heterocycles. The van der Waals surface area contributed by atoms with Crippen LogP contribution in [0.4, 0.5) is 0 Å². The van der Waals surface area contributed by atoms with Gasteiger partial charge in [0, 0.05) is 42.0 Å². The van der Waals surface area contributed by atoms with Gasteiger partial charge in [-0.15, -0.1) is 11.3 Å². The second-order valence-electron chi connectivity index (χ2n) is 5.48. The van der Waals surface area contributed by atoms with Crippen LogP contribution in [0.3, 0.4) is 0 Å². The van der Waals surface area contributed by atoms with Crippen LogP contribution >= 0.6 is 11.3 Å². The largest absolute Gasteiger partial charge is 0.339 e. The Morgan fingerprint density at radius 3 is 2.88 bits per heavy atom. The zero-order chi connectivity index (χ0) is 16.4. The van der Waals surface area contributed by atoms with Crippen molar-refractivity contribution >= 4 is 23.3 Å². The van der Waals surface area contributed by atoms with Gasteiger partial charge in [0.1, 0.15) is 0 Å². The van der Waals surface area contributed by atoms with Crippen molar-refractivity contribution in [3.8, 4) is 11.4 Å². The van der Waals surface area contributed by atoms with E-state index in [2.05, 4.69) is 15.1 Å². The summed E-state index contributed by atoms with van der Waals surface area (Å²) in [6, 6.07) is 7.61. The van der Waals surface area contributed by atoms with Crippen LogP contribution in [0.2, 0.25) is 0 Å². The summed E-state index contributed by atoms with van der Waals surface area (Å²) in [6.07, 6.45) is 6.83. The molecule has 6 nitrogen and oxygen atoms in total. The first-order valence-electron chi connectivity index (χ1n) is 7.54. The third-order valence-corrected chi connectivity index (χ3v) is 4.69. The van der Waals surface area contributed by atoms with Crippen LogP contribution in [0.5, 0.6) is 0 Å². The molecule has 0 N–H and O–H groups in total. The highest BCUT2D eigenvalue weighted by molar-refractivity contribution is 7.10. The minimum Gasteiger partial charge on any atom is -0.339 e. The first-order chi connectivity index (χ1) is 11.8. The molecular formula is C17H14N4O2S. The van der Waals surface area contributed by atoms with Crippen LogP contribution in [-0.2, 0) is 4.79 Å². The molecule has 4 rings (SSSR count). The zero-order valence-corrected chi connectivity index (χ0v) is 13.5. The van der Waals surface area contributed by atoms with E-state index in [0.29, 0.717) is 24.8 Å². The molecule has 3 aromatic heterocycles. The molecule has 120 valence electrons. The van der Waals surface area contributed by atoms with E-state index in [0.717, 1.165) is 10.4 Å². The normalized spacial score (nSPS) is 14.9. The summed E-state index contributed by atoms with van der Waals surface area (Å²) in [5.74, 6) is 1.24. The predicted octanol–water partition coefficient (Wildman–Crippen LogP) is 2.83. The quantitative estimate of drug-likeness (QED) is 0.684. The zero-order valence-electron chi connectivity index (χ0n) is 12.7. The molecule has 1 amide bonds. The summed E-state index contributed by atoms with van der Waals surface area (Å²) < 4.78 is 5.33. The van der Waals surface area contributed by atoms with Crippen LogP contribution in [0.1, 0.15) is 16.7 Å². The van der Waals surface area contributed by atoms with E-state index in [1.54, 1.807) is 34.7 Å². The Kier molecular flexibility index (Phi) is 3.92. The standard InChI is InChI=1S/C17H14N4O2S/c22-15(4-3-14-2-1-9-24-14)21-10-13(11-21)17-19-16(20-23-17)12-5-7-18-8-6-12/h1-9,13H,10-11H2. The number of likely N-dealkylation sites (tertiary alicyclic amines) is 1. The highest BCUT2D eigenvalue weighted by Crippen LogP contribution is 2.27. The topological polar surface area (TPSA) is 72.1 Å².